The van der Waals surface area contributed by atoms with Crippen LogP contribution in [0.15, 0.2) is 136 Å². The van der Waals surface area contributed by atoms with Crippen LogP contribution < -0.4 is 0 Å². The molecule has 3 heterocycles. The fourth-order valence-electron chi connectivity index (χ4n) is 7.10. The molecule has 0 aliphatic rings. The van der Waals surface area contributed by atoms with E-state index in [2.05, 4.69) is 116 Å². The van der Waals surface area contributed by atoms with E-state index in [0.717, 1.165) is 93.6 Å². The minimum absolute atomic E-state index is 0.819. The van der Waals surface area contributed by atoms with E-state index in [1.165, 1.54) is 10.8 Å². The van der Waals surface area contributed by atoms with E-state index in [-0.39, 0.29) is 0 Å². The summed E-state index contributed by atoms with van der Waals surface area (Å²) in [6.07, 6.45) is 1.90. The van der Waals surface area contributed by atoms with Gasteiger partial charge in [-0.25, -0.2) is 4.98 Å². The van der Waals surface area contributed by atoms with Crippen LogP contribution in [-0.4, -0.2) is 9.97 Å². The maximum absolute atomic E-state index is 6.58. The summed E-state index contributed by atoms with van der Waals surface area (Å²) in [5.41, 5.74) is 10.3. The van der Waals surface area contributed by atoms with E-state index >= 15 is 0 Å². The first kappa shape index (κ1) is 24.4. The molecule has 0 aliphatic heterocycles. The summed E-state index contributed by atoms with van der Waals surface area (Å²) < 4.78 is 13.2. The highest BCUT2D eigenvalue weighted by Crippen LogP contribution is 2.45. The number of fused-ring (bicyclic) bond motifs is 13. The van der Waals surface area contributed by atoms with Crippen molar-refractivity contribution in [3.63, 3.8) is 0 Å². The quantitative estimate of drug-likeness (QED) is 0.192. The monoisotopic (exact) mass is 576 g/mol. The zero-order valence-corrected chi connectivity index (χ0v) is 24.3. The Morgan fingerprint density at radius 2 is 1.16 bits per heavy atom. The van der Waals surface area contributed by atoms with Gasteiger partial charge in [0.15, 0.2) is 0 Å². The minimum Gasteiger partial charge on any atom is -0.455 e. The third-order valence-electron chi connectivity index (χ3n) is 9.20. The summed E-state index contributed by atoms with van der Waals surface area (Å²) >= 11 is 0. The van der Waals surface area contributed by atoms with Crippen LogP contribution in [0.2, 0.25) is 0 Å². The summed E-state index contributed by atoms with van der Waals surface area (Å²) in [6.45, 7) is 2.09. The first-order valence-electron chi connectivity index (χ1n) is 15.2. The van der Waals surface area contributed by atoms with E-state index in [1.807, 2.05) is 18.3 Å². The van der Waals surface area contributed by atoms with Crippen LogP contribution in [-0.2, 0) is 0 Å². The Bertz CT molecular complexity index is 2800. The number of hydrogen-bond acceptors (Lipinski definition) is 4. The van der Waals surface area contributed by atoms with Gasteiger partial charge >= 0.3 is 0 Å². The standard InChI is InChI=1S/C41H24N2O2/c1-23-10-8-18-30-33-21-32(40-36(41(33)45-39(23)30)31-17-6-7-19-35(31)44-40)24-11-9-12-25(20-24)34-22-42-37-28-15-4-2-13-26(28)27-14-3-5-16-29(27)38(37)43-34/h2-22H,1H3. The topological polar surface area (TPSA) is 52.1 Å². The number of aryl methyl sites for hydroxylation is 1. The lowest BCUT2D eigenvalue weighted by atomic mass is 9.96. The van der Waals surface area contributed by atoms with E-state index < -0.39 is 0 Å². The summed E-state index contributed by atoms with van der Waals surface area (Å²) in [4.78, 5) is 10.2. The van der Waals surface area contributed by atoms with Crippen molar-refractivity contribution in [3.8, 4) is 22.4 Å². The number of rotatable bonds is 2. The smallest absolute Gasteiger partial charge is 0.147 e. The number of nitrogens with zero attached hydrogens (tertiary/aromatic N) is 2. The van der Waals surface area contributed by atoms with Crippen molar-refractivity contribution in [2.24, 2.45) is 0 Å². The van der Waals surface area contributed by atoms with Crippen LogP contribution in [0.4, 0.5) is 0 Å². The van der Waals surface area contributed by atoms with Gasteiger partial charge in [0.05, 0.1) is 28.3 Å². The Morgan fingerprint density at radius 1 is 0.489 bits per heavy atom. The lowest BCUT2D eigenvalue weighted by Crippen LogP contribution is -1.92. The van der Waals surface area contributed by atoms with E-state index in [0.29, 0.717) is 0 Å². The van der Waals surface area contributed by atoms with Gasteiger partial charge in [-0.2, -0.15) is 0 Å². The average Bonchev–Trinajstić information content (AvgIpc) is 3.67. The predicted octanol–water partition coefficient (Wildman–Crippen LogP) is 11.4. The maximum atomic E-state index is 6.58. The highest BCUT2D eigenvalue weighted by Gasteiger charge is 2.21. The first-order valence-corrected chi connectivity index (χ1v) is 15.2. The van der Waals surface area contributed by atoms with Gasteiger partial charge in [0.1, 0.15) is 22.3 Å². The number of furan rings is 2. The summed E-state index contributed by atoms with van der Waals surface area (Å²) in [5, 5.41) is 8.83. The molecule has 0 saturated carbocycles. The zero-order valence-electron chi connectivity index (χ0n) is 24.3. The van der Waals surface area contributed by atoms with Crippen LogP contribution in [0.3, 0.4) is 0 Å². The number of hydrogen-bond donors (Lipinski definition) is 0. The van der Waals surface area contributed by atoms with Gasteiger partial charge in [-0.15, -0.1) is 0 Å². The average molecular weight is 577 g/mol. The molecule has 0 fully saturated rings. The Morgan fingerprint density at radius 3 is 1.98 bits per heavy atom. The second-order valence-electron chi connectivity index (χ2n) is 11.8. The molecule has 0 bridgehead atoms. The molecule has 45 heavy (non-hydrogen) atoms. The lowest BCUT2D eigenvalue weighted by molar-refractivity contribution is 0.662. The Labute approximate surface area is 257 Å². The van der Waals surface area contributed by atoms with Crippen LogP contribution in [0.25, 0.3) is 98.8 Å². The number of aromatic nitrogens is 2. The van der Waals surface area contributed by atoms with Gasteiger partial charge < -0.3 is 8.83 Å². The minimum atomic E-state index is 0.819. The Kier molecular flexibility index (Phi) is 4.89. The van der Waals surface area contributed by atoms with Crippen molar-refractivity contribution < 1.29 is 8.83 Å². The normalized spacial score (nSPS) is 12.1. The molecular formula is C41H24N2O2. The van der Waals surface area contributed by atoms with Crippen molar-refractivity contribution in [3.05, 3.63) is 133 Å². The van der Waals surface area contributed by atoms with Crippen LogP contribution in [0, 0.1) is 6.92 Å². The van der Waals surface area contributed by atoms with Crippen molar-refractivity contribution in [1.82, 2.24) is 9.97 Å². The SMILES string of the molecule is Cc1cccc2c1oc1c2cc(-c2cccc(-c3cnc4c5ccccc5c5ccccc5c4n3)c2)c2oc3ccccc3c21. The highest BCUT2D eigenvalue weighted by atomic mass is 16.3. The first-order chi connectivity index (χ1) is 22.2. The molecule has 210 valence electrons. The molecule has 10 aromatic rings. The fourth-order valence-corrected chi connectivity index (χ4v) is 7.10. The molecule has 4 nitrogen and oxygen atoms in total. The lowest BCUT2D eigenvalue weighted by Gasteiger charge is -2.11. The van der Waals surface area contributed by atoms with E-state index in [1.54, 1.807) is 0 Å². The van der Waals surface area contributed by atoms with Gasteiger partial charge in [-0.1, -0.05) is 103 Å². The van der Waals surface area contributed by atoms with Gasteiger partial charge in [0.2, 0.25) is 0 Å². The van der Waals surface area contributed by atoms with Crippen LogP contribution in [0.5, 0.6) is 0 Å². The van der Waals surface area contributed by atoms with Crippen molar-refractivity contribution in [2.45, 2.75) is 6.92 Å². The summed E-state index contributed by atoms with van der Waals surface area (Å²) in [6, 6.07) is 42.2. The Hall–Kier alpha value is -6.00. The van der Waals surface area contributed by atoms with Gasteiger partial charge in [-0.05, 0) is 47.0 Å². The molecule has 0 spiro atoms. The highest BCUT2D eigenvalue weighted by molar-refractivity contribution is 6.26. The zero-order chi connectivity index (χ0) is 29.6. The molecule has 0 saturated heterocycles. The van der Waals surface area contributed by atoms with E-state index in [4.69, 9.17) is 18.8 Å². The molecular weight excluding hydrogens is 552 g/mol. The van der Waals surface area contributed by atoms with Crippen molar-refractivity contribution in [1.29, 1.82) is 0 Å². The molecule has 7 aromatic carbocycles. The molecule has 0 amide bonds. The summed E-state index contributed by atoms with van der Waals surface area (Å²) in [7, 11) is 0. The number of benzene rings is 7. The molecule has 0 unspecified atom stereocenters. The molecule has 0 atom stereocenters. The number of para-hydroxylation sites is 2. The van der Waals surface area contributed by atoms with Crippen LogP contribution >= 0.6 is 0 Å². The summed E-state index contributed by atoms with van der Waals surface area (Å²) in [5.74, 6) is 0. The second-order valence-corrected chi connectivity index (χ2v) is 11.8. The molecule has 0 radical (unpaired) electrons. The fraction of sp³-hybridized carbons (Fsp3) is 0.0244. The van der Waals surface area contributed by atoms with Crippen molar-refractivity contribution in [2.75, 3.05) is 0 Å². The van der Waals surface area contributed by atoms with Crippen LogP contribution in [0.1, 0.15) is 5.56 Å². The van der Waals surface area contributed by atoms with Gasteiger partial charge in [-0.3, -0.25) is 4.98 Å². The largest absolute Gasteiger partial charge is 0.455 e. The molecule has 0 N–H and O–H groups in total. The third kappa shape index (κ3) is 3.42. The molecule has 10 rings (SSSR count). The van der Waals surface area contributed by atoms with E-state index in [9.17, 15) is 0 Å². The Balaban J connectivity index is 1.24. The molecule has 3 aromatic heterocycles. The predicted molar refractivity (Wildman–Crippen MR) is 185 cm³/mol. The third-order valence-corrected chi connectivity index (χ3v) is 9.20. The van der Waals surface area contributed by atoms with Gasteiger partial charge in [0, 0.05) is 38.1 Å². The molecule has 4 heteroatoms. The second kappa shape index (κ2) is 9.01. The van der Waals surface area contributed by atoms with Gasteiger partial charge in [0.25, 0.3) is 0 Å². The maximum Gasteiger partial charge on any atom is 0.147 e. The molecule has 0 aliphatic carbocycles. The van der Waals surface area contributed by atoms with Crippen molar-refractivity contribution >= 4 is 76.5 Å².